The van der Waals surface area contributed by atoms with Crippen molar-refractivity contribution in [2.45, 2.75) is 19.9 Å². The molecule has 0 bridgehead atoms. The number of nitrogens with one attached hydrogen (secondary N) is 1. The normalized spacial score (nSPS) is 14.9. The molecule has 0 atom stereocenters. The van der Waals surface area contributed by atoms with Crippen molar-refractivity contribution in [2.75, 3.05) is 0 Å². The van der Waals surface area contributed by atoms with E-state index in [-0.39, 0.29) is 0 Å². The van der Waals surface area contributed by atoms with Crippen LogP contribution in [0.4, 0.5) is 0 Å². The molecular weight excluding hydrogens is 210 g/mol. The average Bonchev–Trinajstić information content (AvgIpc) is 3.00. The van der Waals surface area contributed by atoms with E-state index in [0.717, 1.165) is 11.1 Å². The van der Waals surface area contributed by atoms with E-state index in [0.29, 0.717) is 17.9 Å². The first-order valence-corrected chi connectivity index (χ1v) is 6.31. The van der Waals surface area contributed by atoms with Crippen LogP contribution in [0, 0.1) is 6.92 Å². The predicted octanol–water partition coefficient (Wildman–Crippen LogP) is 1.70. The van der Waals surface area contributed by atoms with E-state index in [2.05, 4.69) is 4.72 Å². The van der Waals surface area contributed by atoms with Gasteiger partial charge >= 0.3 is 0 Å². The summed E-state index contributed by atoms with van der Waals surface area (Å²) in [4.78, 5) is 0.510. The first-order chi connectivity index (χ1) is 7.09. The van der Waals surface area contributed by atoms with Crippen LogP contribution in [0.2, 0.25) is 0 Å². The molecule has 2 rings (SSSR count). The molecule has 1 aromatic rings. The number of allylic oxidation sites excluding steroid dienone is 2. The van der Waals surface area contributed by atoms with Gasteiger partial charge in [0, 0.05) is 13.0 Å². The van der Waals surface area contributed by atoms with Gasteiger partial charge in [0.25, 0.3) is 0 Å². The van der Waals surface area contributed by atoms with Crippen LogP contribution in [0.15, 0.2) is 35.2 Å². The Bertz CT molecular complexity index is 503. The third-order valence-corrected chi connectivity index (χ3v) is 3.98. The number of sulfonamides is 1. The number of aryl methyl sites for hydroxylation is 1. The van der Waals surface area contributed by atoms with E-state index in [4.69, 9.17) is 0 Å². The molecule has 0 saturated heterocycles. The molecule has 0 aromatic heterocycles. The summed E-state index contributed by atoms with van der Waals surface area (Å²) in [6, 6.07) is 7.75. The second-order valence-corrected chi connectivity index (χ2v) is 5.45. The fraction of sp³-hybridized carbons (Fsp3) is 0.273. The summed E-state index contributed by atoms with van der Waals surface area (Å²) in [5, 5.41) is 0. The van der Waals surface area contributed by atoms with Crippen LogP contribution in [-0.2, 0) is 16.6 Å². The molecule has 1 aliphatic carbocycles. The second-order valence-electron chi connectivity index (χ2n) is 3.63. The van der Waals surface area contributed by atoms with E-state index < -0.39 is 10.0 Å². The smallest absolute Gasteiger partial charge is 0.207 e. The molecule has 15 heavy (non-hydrogen) atoms. The fourth-order valence-electron chi connectivity index (χ4n) is 1.33. The van der Waals surface area contributed by atoms with Gasteiger partial charge in [0.15, 0.2) is 0 Å². The van der Waals surface area contributed by atoms with Crippen molar-refractivity contribution >= 4 is 10.0 Å². The lowest BCUT2D eigenvalue weighted by Crippen LogP contribution is -2.22. The molecule has 1 aromatic carbocycles. The first kappa shape index (κ1) is 10.4. The van der Waals surface area contributed by atoms with Gasteiger partial charge in [-0.25, -0.2) is 13.1 Å². The highest BCUT2D eigenvalue weighted by atomic mass is 32.2. The van der Waals surface area contributed by atoms with E-state index in [1.54, 1.807) is 6.08 Å². The largest absolute Gasteiger partial charge is 0.237 e. The first-order valence-electron chi connectivity index (χ1n) is 4.83. The Morgan fingerprint density at radius 3 is 2.60 bits per heavy atom. The molecular formula is C11H13NO2S. The van der Waals surface area contributed by atoms with E-state index in [1.165, 1.54) is 0 Å². The Morgan fingerprint density at radius 2 is 2.00 bits per heavy atom. The van der Waals surface area contributed by atoms with Crippen LogP contribution in [-0.4, -0.2) is 8.42 Å². The van der Waals surface area contributed by atoms with Crippen molar-refractivity contribution in [1.82, 2.24) is 4.72 Å². The molecule has 0 radical (unpaired) electrons. The second kappa shape index (κ2) is 3.79. The van der Waals surface area contributed by atoms with Crippen LogP contribution in [0.25, 0.3) is 0 Å². The van der Waals surface area contributed by atoms with Gasteiger partial charge in [0.05, 0.1) is 4.91 Å². The summed E-state index contributed by atoms with van der Waals surface area (Å²) in [5.41, 5.74) is 2.12. The summed E-state index contributed by atoms with van der Waals surface area (Å²) < 4.78 is 25.6. The molecule has 0 saturated carbocycles. The fourth-order valence-corrected chi connectivity index (χ4v) is 2.39. The van der Waals surface area contributed by atoms with Crippen LogP contribution in [0.3, 0.4) is 0 Å². The van der Waals surface area contributed by atoms with Gasteiger partial charge in [0.2, 0.25) is 10.0 Å². The van der Waals surface area contributed by atoms with Crippen LogP contribution in [0.5, 0.6) is 0 Å². The lowest BCUT2D eigenvalue weighted by Gasteiger charge is -2.06. The lowest BCUT2D eigenvalue weighted by atomic mass is 10.1. The minimum atomic E-state index is -3.19. The molecule has 0 heterocycles. The van der Waals surface area contributed by atoms with Gasteiger partial charge in [0.1, 0.15) is 0 Å². The number of benzene rings is 1. The molecule has 80 valence electrons. The molecule has 1 aliphatic rings. The molecule has 4 heteroatoms. The molecule has 3 nitrogen and oxygen atoms in total. The van der Waals surface area contributed by atoms with Gasteiger partial charge in [-0.2, -0.15) is 0 Å². The highest BCUT2D eigenvalue weighted by Gasteiger charge is 2.23. The Labute approximate surface area is 89.9 Å². The van der Waals surface area contributed by atoms with Crippen molar-refractivity contribution in [1.29, 1.82) is 0 Å². The minimum absolute atomic E-state index is 0.367. The van der Waals surface area contributed by atoms with Crippen molar-refractivity contribution in [3.05, 3.63) is 46.4 Å². The van der Waals surface area contributed by atoms with E-state index in [9.17, 15) is 8.42 Å². The maximum atomic E-state index is 11.5. The maximum Gasteiger partial charge on any atom is 0.237 e. The lowest BCUT2D eigenvalue weighted by molar-refractivity contribution is 0.588. The minimum Gasteiger partial charge on any atom is -0.207 e. The summed E-state index contributed by atoms with van der Waals surface area (Å²) in [5.74, 6) is 0. The Morgan fingerprint density at radius 1 is 1.33 bits per heavy atom. The van der Waals surface area contributed by atoms with E-state index in [1.807, 2.05) is 31.2 Å². The van der Waals surface area contributed by atoms with Crippen molar-refractivity contribution < 1.29 is 8.42 Å². The molecule has 0 aliphatic heterocycles. The Kier molecular flexibility index (Phi) is 2.63. The topological polar surface area (TPSA) is 46.2 Å². The summed E-state index contributed by atoms with van der Waals surface area (Å²) in [6.07, 6.45) is 2.31. The maximum absolute atomic E-state index is 11.5. The third-order valence-electron chi connectivity index (χ3n) is 2.43. The standard InChI is InChI=1S/C11H13NO2S/c1-9-4-2-3-5-10(9)8-12-15(13,14)11-6-7-11/h2-6,12H,7-8H2,1H3. The quantitative estimate of drug-likeness (QED) is 0.844. The average molecular weight is 223 g/mol. The molecule has 0 amide bonds. The van der Waals surface area contributed by atoms with Crippen LogP contribution >= 0.6 is 0 Å². The van der Waals surface area contributed by atoms with Gasteiger partial charge in [-0.05, 0) is 18.1 Å². The molecule has 0 spiro atoms. The van der Waals surface area contributed by atoms with E-state index >= 15 is 0 Å². The molecule has 1 N–H and O–H groups in total. The van der Waals surface area contributed by atoms with Crippen molar-refractivity contribution in [3.63, 3.8) is 0 Å². The predicted molar refractivity (Wildman–Crippen MR) is 59.6 cm³/mol. The van der Waals surface area contributed by atoms with Crippen molar-refractivity contribution in [3.8, 4) is 0 Å². The van der Waals surface area contributed by atoms with Gasteiger partial charge in [-0.3, -0.25) is 0 Å². The van der Waals surface area contributed by atoms with Crippen LogP contribution < -0.4 is 4.72 Å². The Balaban J connectivity index is 2.05. The zero-order valence-corrected chi connectivity index (χ0v) is 9.34. The number of hydrogen-bond acceptors (Lipinski definition) is 2. The third kappa shape index (κ3) is 2.46. The summed E-state index contributed by atoms with van der Waals surface area (Å²) in [6.45, 7) is 2.34. The van der Waals surface area contributed by atoms with Crippen LogP contribution in [0.1, 0.15) is 17.5 Å². The van der Waals surface area contributed by atoms with Gasteiger partial charge in [-0.1, -0.05) is 30.3 Å². The molecule has 0 unspecified atom stereocenters. The number of rotatable bonds is 4. The summed E-state index contributed by atoms with van der Waals surface area (Å²) >= 11 is 0. The highest BCUT2D eigenvalue weighted by Crippen LogP contribution is 2.24. The Hall–Kier alpha value is -1.13. The van der Waals surface area contributed by atoms with Gasteiger partial charge in [-0.15, -0.1) is 0 Å². The van der Waals surface area contributed by atoms with Crippen molar-refractivity contribution in [2.24, 2.45) is 0 Å². The SMILES string of the molecule is Cc1ccccc1CNS(=O)(=O)C1=CC1. The summed E-state index contributed by atoms with van der Waals surface area (Å²) in [7, 11) is -3.19. The monoisotopic (exact) mass is 223 g/mol. The number of hydrogen-bond donors (Lipinski definition) is 1. The highest BCUT2D eigenvalue weighted by molar-refractivity contribution is 7.93. The zero-order valence-electron chi connectivity index (χ0n) is 8.53. The van der Waals surface area contributed by atoms with Gasteiger partial charge < -0.3 is 0 Å². The zero-order chi connectivity index (χ0) is 10.9. The molecule has 0 fully saturated rings.